The molecule has 0 saturated carbocycles. The normalized spacial score (nSPS) is 17.6. The zero-order chi connectivity index (χ0) is 17.1. The SMILES string of the molecule is COC(=O)c1ncc(N2CCNCC2c2ccccc2Cl)cc1F. The third-order valence-electron chi connectivity index (χ3n) is 4.04. The zero-order valence-electron chi connectivity index (χ0n) is 13.1. The molecule has 1 fully saturated rings. The number of hydrogen-bond acceptors (Lipinski definition) is 5. The van der Waals surface area contributed by atoms with Crippen LogP contribution in [0.4, 0.5) is 10.1 Å². The van der Waals surface area contributed by atoms with E-state index in [0.29, 0.717) is 23.8 Å². The number of piperazine rings is 1. The third kappa shape index (κ3) is 3.20. The van der Waals surface area contributed by atoms with E-state index >= 15 is 0 Å². The van der Waals surface area contributed by atoms with E-state index in [9.17, 15) is 9.18 Å². The van der Waals surface area contributed by atoms with Crippen LogP contribution in [0.25, 0.3) is 0 Å². The molecule has 0 bridgehead atoms. The maximum Gasteiger partial charge on any atom is 0.359 e. The lowest BCUT2D eigenvalue weighted by atomic mass is 10.0. The summed E-state index contributed by atoms with van der Waals surface area (Å²) in [6.07, 6.45) is 1.49. The monoisotopic (exact) mass is 349 g/mol. The molecule has 0 radical (unpaired) electrons. The summed E-state index contributed by atoms with van der Waals surface area (Å²) < 4.78 is 18.7. The minimum Gasteiger partial charge on any atom is -0.464 e. The van der Waals surface area contributed by atoms with Crippen molar-refractivity contribution in [1.82, 2.24) is 10.3 Å². The molecule has 0 spiro atoms. The Morgan fingerprint density at radius 1 is 1.46 bits per heavy atom. The smallest absolute Gasteiger partial charge is 0.359 e. The Hall–Kier alpha value is -2.18. The molecule has 1 atom stereocenters. The number of carbonyl (C=O) groups is 1. The van der Waals surface area contributed by atoms with Crippen molar-refractivity contribution >= 4 is 23.3 Å². The molecule has 2 heterocycles. The summed E-state index contributed by atoms with van der Waals surface area (Å²) >= 11 is 6.32. The van der Waals surface area contributed by atoms with Crippen molar-refractivity contribution in [2.75, 3.05) is 31.6 Å². The lowest BCUT2D eigenvalue weighted by Gasteiger charge is -2.38. The number of ether oxygens (including phenoxy) is 1. The summed E-state index contributed by atoms with van der Waals surface area (Å²) in [5, 5.41) is 3.99. The van der Waals surface area contributed by atoms with Crippen LogP contribution in [0, 0.1) is 5.82 Å². The number of halogens is 2. The summed E-state index contributed by atoms with van der Waals surface area (Å²) in [5.74, 6) is -1.49. The lowest BCUT2D eigenvalue weighted by molar-refractivity contribution is 0.0588. The first-order chi connectivity index (χ1) is 11.6. The molecule has 24 heavy (non-hydrogen) atoms. The van der Waals surface area contributed by atoms with Crippen LogP contribution in [0.5, 0.6) is 0 Å². The van der Waals surface area contributed by atoms with Gasteiger partial charge in [-0.1, -0.05) is 29.8 Å². The van der Waals surface area contributed by atoms with Crippen molar-refractivity contribution in [1.29, 1.82) is 0 Å². The van der Waals surface area contributed by atoms with Crippen LogP contribution in [0.1, 0.15) is 22.1 Å². The standard InChI is InChI=1S/C17H17ClFN3O2/c1-24-17(23)16-14(19)8-11(9-21-16)22-7-6-20-10-15(22)12-4-2-3-5-13(12)18/h2-5,8-9,15,20H,6-7,10H2,1H3. The molecule has 0 aliphatic carbocycles. The Bertz CT molecular complexity index is 756. The average molecular weight is 350 g/mol. The summed E-state index contributed by atoms with van der Waals surface area (Å²) in [5.41, 5.74) is 1.25. The van der Waals surface area contributed by atoms with E-state index < -0.39 is 11.8 Å². The van der Waals surface area contributed by atoms with E-state index in [1.165, 1.54) is 19.4 Å². The summed E-state index contributed by atoms with van der Waals surface area (Å²) in [6.45, 7) is 2.13. The Balaban J connectivity index is 1.95. The van der Waals surface area contributed by atoms with Gasteiger partial charge in [-0.2, -0.15) is 0 Å². The van der Waals surface area contributed by atoms with E-state index in [1.54, 1.807) is 0 Å². The van der Waals surface area contributed by atoms with Gasteiger partial charge in [0.15, 0.2) is 11.5 Å². The largest absolute Gasteiger partial charge is 0.464 e. The first-order valence-corrected chi connectivity index (χ1v) is 7.95. The highest BCUT2D eigenvalue weighted by atomic mass is 35.5. The maximum absolute atomic E-state index is 14.2. The number of nitrogens with one attached hydrogen (secondary N) is 1. The van der Waals surface area contributed by atoms with Crippen LogP contribution in [0.2, 0.25) is 5.02 Å². The number of nitrogens with zero attached hydrogens (tertiary/aromatic N) is 2. The summed E-state index contributed by atoms with van der Waals surface area (Å²) in [7, 11) is 1.20. The Kier molecular flexibility index (Phi) is 4.97. The quantitative estimate of drug-likeness (QED) is 0.864. The minimum absolute atomic E-state index is 0.0439. The minimum atomic E-state index is -0.790. The van der Waals surface area contributed by atoms with Gasteiger partial charge in [0.25, 0.3) is 0 Å². The summed E-state index contributed by atoms with van der Waals surface area (Å²) in [4.78, 5) is 17.5. The number of aromatic nitrogens is 1. The van der Waals surface area contributed by atoms with Gasteiger partial charge in [-0.25, -0.2) is 14.2 Å². The van der Waals surface area contributed by atoms with Crippen molar-refractivity contribution in [2.24, 2.45) is 0 Å². The molecule has 1 aromatic carbocycles. The molecule has 2 aromatic rings. The number of benzene rings is 1. The molecule has 0 amide bonds. The molecule has 1 aliphatic heterocycles. The van der Waals surface area contributed by atoms with Crippen LogP contribution in [0.3, 0.4) is 0 Å². The Morgan fingerprint density at radius 3 is 2.96 bits per heavy atom. The number of pyridine rings is 1. The number of carbonyl (C=O) groups excluding carboxylic acids is 1. The van der Waals surface area contributed by atoms with E-state index in [1.807, 2.05) is 29.2 Å². The number of anilines is 1. The van der Waals surface area contributed by atoms with E-state index in [-0.39, 0.29) is 11.7 Å². The van der Waals surface area contributed by atoms with Gasteiger partial charge in [0.1, 0.15) is 0 Å². The lowest BCUT2D eigenvalue weighted by Crippen LogP contribution is -2.46. The van der Waals surface area contributed by atoms with Gasteiger partial charge in [0.05, 0.1) is 25.0 Å². The van der Waals surface area contributed by atoms with Crippen LogP contribution in [-0.4, -0.2) is 37.7 Å². The van der Waals surface area contributed by atoms with Crippen molar-refractivity contribution in [2.45, 2.75) is 6.04 Å². The maximum atomic E-state index is 14.2. The van der Waals surface area contributed by atoms with Gasteiger partial charge < -0.3 is 15.0 Å². The van der Waals surface area contributed by atoms with Crippen molar-refractivity contribution in [3.8, 4) is 0 Å². The predicted molar refractivity (Wildman–Crippen MR) is 89.9 cm³/mol. The van der Waals surface area contributed by atoms with Gasteiger partial charge in [-0.3, -0.25) is 0 Å². The molecule has 1 unspecified atom stereocenters. The van der Waals surface area contributed by atoms with Gasteiger partial charge in [0.2, 0.25) is 0 Å². The second kappa shape index (κ2) is 7.15. The molecular formula is C17H17ClFN3O2. The van der Waals surface area contributed by atoms with Crippen LogP contribution >= 0.6 is 11.6 Å². The van der Waals surface area contributed by atoms with Crippen LogP contribution < -0.4 is 10.2 Å². The average Bonchev–Trinajstić information content (AvgIpc) is 2.61. The number of rotatable bonds is 3. The van der Waals surface area contributed by atoms with Gasteiger partial charge in [0, 0.05) is 30.7 Å². The van der Waals surface area contributed by atoms with Gasteiger partial charge in [-0.15, -0.1) is 0 Å². The first-order valence-electron chi connectivity index (χ1n) is 7.57. The fraction of sp³-hybridized carbons (Fsp3) is 0.294. The molecule has 5 nitrogen and oxygen atoms in total. The van der Waals surface area contributed by atoms with E-state index in [4.69, 9.17) is 11.6 Å². The number of esters is 1. The van der Waals surface area contributed by atoms with Crippen molar-refractivity contribution in [3.63, 3.8) is 0 Å². The molecule has 7 heteroatoms. The zero-order valence-corrected chi connectivity index (χ0v) is 13.9. The molecule has 1 N–H and O–H groups in total. The Morgan fingerprint density at radius 2 is 2.25 bits per heavy atom. The molecular weight excluding hydrogens is 333 g/mol. The van der Waals surface area contributed by atoms with Crippen molar-refractivity contribution in [3.05, 3.63) is 58.6 Å². The van der Waals surface area contributed by atoms with E-state index in [2.05, 4.69) is 15.0 Å². The fourth-order valence-corrected chi connectivity index (χ4v) is 3.13. The fourth-order valence-electron chi connectivity index (χ4n) is 2.87. The van der Waals surface area contributed by atoms with Gasteiger partial charge in [-0.05, 0) is 11.6 Å². The van der Waals surface area contributed by atoms with Crippen LogP contribution in [-0.2, 0) is 4.74 Å². The summed E-state index contributed by atoms with van der Waals surface area (Å²) in [6, 6.07) is 8.86. The van der Waals surface area contributed by atoms with Crippen molar-refractivity contribution < 1.29 is 13.9 Å². The number of hydrogen-bond donors (Lipinski definition) is 1. The molecule has 1 aliphatic rings. The second-order valence-electron chi connectivity index (χ2n) is 5.45. The van der Waals surface area contributed by atoms with Crippen LogP contribution in [0.15, 0.2) is 36.5 Å². The molecule has 1 aromatic heterocycles. The highest BCUT2D eigenvalue weighted by molar-refractivity contribution is 6.31. The topological polar surface area (TPSA) is 54.5 Å². The molecule has 3 rings (SSSR count). The Labute approximate surface area is 144 Å². The highest BCUT2D eigenvalue weighted by Gasteiger charge is 2.27. The first kappa shape index (κ1) is 16.7. The highest BCUT2D eigenvalue weighted by Crippen LogP contribution is 2.32. The molecule has 126 valence electrons. The van der Waals surface area contributed by atoms with E-state index in [0.717, 1.165) is 12.1 Å². The third-order valence-corrected chi connectivity index (χ3v) is 4.39. The molecule has 1 saturated heterocycles. The van der Waals surface area contributed by atoms with Gasteiger partial charge >= 0.3 is 5.97 Å². The predicted octanol–water partition coefficient (Wildman–Crippen LogP) is 2.81. The number of methoxy groups -OCH3 is 1. The second-order valence-corrected chi connectivity index (χ2v) is 5.86.